The van der Waals surface area contributed by atoms with E-state index in [1.54, 1.807) is 19.1 Å². The van der Waals surface area contributed by atoms with E-state index in [1.807, 2.05) is 0 Å². The first-order valence-corrected chi connectivity index (χ1v) is 7.82. The molecule has 0 saturated heterocycles. The van der Waals surface area contributed by atoms with E-state index in [2.05, 4.69) is 27.4 Å². The van der Waals surface area contributed by atoms with Crippen LogP contribution >= 0.6 is 23.8 Å². The molecule has 2 rings (SSSR count). The largest absolute Gasteiger partial charge is 0.463 e. The first-order chi connectivity index (χ1) is 12.0. The van der Waals surface area contributed by atoms with Crippen LogP contribution < -0.4 is 9.47 Å². The van der Waals surface area contributed by atoms with Gasteiger partial charge in [0.25, 0.3) is 5.88 Å². The van der Waals surface area contributed by atoms with E-state index in [4.69, 9.17) is 25.8 Å². The van der Waals surface area contributed by atoms with Gasteiger partial charge in [0.2, 0.25) is 0 Å². The normalized spacial score (nSPS) is 9.88. The number of ether oxygens (including phenoxy) is 3. The van der Waals surface area contributed by atoms with E-state index in [9.17, 15) is 9.18 Å². The molecule has 0 aliphatic carbocycles. The molecular weight excluding hydrogens is 371 g/mol. The van der Waals surface area contributed by atoms with Gasteiger partial charge >= 0.3 is 5.97 Å². The molecule has 1 aromatic heterocycles. The van der Waals surface area contributed by atoms with Gasteiger partial charge in [-0.2, -0.15) is 4.99 Å². The lowest BCUT2D eigenvalue weighted by atomic mass is 10.3. The minimum absolute atomic E-state index is 0.0148. The summed E-state index contributed by atoms with van der Waals surface area (Å²) in [4.78, 5) is 19.0. The molecule has 0 spiro atoms. The number of isothiocyanates is 1. The summed E-state index contributed by atoms with van der Waals surface area (Å²) in [5, 5.41) is 2.09. The van der Waals surface area contributed by atoms with Crippen molar-refractivity contribution in [1.82, 2.24) is 4.98 Å². The van der Waals surface area contributed by atoms with Crippen molar-refractivity contribution < 1.29 is 23.4 Å². The highest BCUT2D eigenvalue weighted by atomic mass is 35.5. The van der Waals surface area contributed by atoms with Gasteiger partial charge in [0.15, 0.2) is 18.2 Å². The Morgan fingerprint density at radius 2 is 2.24 bits per heavy atom. The second-order valence-corrected chi connectivity index (χ2v) is 5.03. The van der Waals surface area contributed by atoms with Crippen LogP contribution in [-0.2, 0) is 9.53 Å². The summed E-state index contributed by atoms with van der Waals surface area (Å²) in [6, 6.07) is 5.45. The number of halogens is 2. The van der Waals surface area contributed by atoms with Crippen molar-refractivity contribution in [3.05, 3.63) is 41.3 Å². The van der Waals surface area contributed by atoms with Gasteiger partial charge in [-0.05, 0) is 37.3 Å². The highest BCUT2D eigenvalue weighted by molar-refractivity contribution is 7.78. The molecule has 0 N–H and O–H groups in total. The molecule has 0 radical (unpaired) electrons. The van der Waals surface area contributed by atoms with Gasteiger partial charge in [0.05, 0.1) is 16.8 Å². The number of hydrogen-bond acceptors (Lipinski definition) is 7. The Balaban J connectivity index is 2.24. The highest BCUT2D eigenvalue weighted by Gasteiger charge is 2.14. The average molecular weight is 383 g/mol. The van der Waals surface area contributed by atoms with Crippen molar-refractivity contribution in [2.45, 2.75) is 6.92 Å². The Hall–Kier alpha value is -2.54. The van der Waals surface area contributed by atoms with Crippen LogP contribution in [0, 0.1) is 5.82 Å². The molecule has 0 aliphatic rings. The molecule has 9 heteroatoms. The van der Waals surface area contributed by atoms with E-state index in [-0.39, 0.29) is 41.3 Å². The fourth-order valence-corrected chi connectivity index (χ4v) is 2.03. The van der Waals surface area contributed by atoms with E-state index in [0.717, 1.165) is 6.07 Å². The smallest absolute Gasteiger partial charge is 0.344 e. The van der Waals surface area contributed by atoms with E-state index < -0.39 is 11.8 Å². The number of thiocarbonyl (C=S) groups is 1. The van der Waals surface area contributed by atoms with E-state index >= 15 is 0 Å². The molecule has 0 bridgehead atoms. The Labute approximate surface area is 153 Å². The van der Waals surface area contributed by atoms with E-state index in [0.29, 0.717) is 0 Å². The number of esters is 1. The molecule has 2 aromatic rings. The second-order valence-electron chi connectivity index (χ2n) is 4.44. The van der Waals surface area contributed by atoms with Crippen molar-refractivity contribution in [3.63, 3.8) is 0 Å². The zero-order valence-electron chi connectivity index (χ0n) is 13.0. The minimum Gasteiger partial charge on any atom is -0.463 e. The molecule has 6 nitrogen and oxygen atoms in total. The van der Waals surface area contributed by atoms with Crippen molar-refractivity contribution in [3.8, 4) is 17.4 Å². The Kier molecular flexibility index (Phi) is 6.82. The minimum atomic E-state index is -0.667. The number of nitrogens with zero attached hydrogens (tertiary/aromatic N) is 2. The van der Waals surface area contributed by atoms with Gasteiger partial charge in [-0.15, -0.1) is 0 Å². The van der Waals surface area contributed by atoms with E-state index in [1.165, 1.54) is 12.3 Å². The third-order valence-electron chi connectivity index (χ3n) is 2.76. The highest BCUT2D eigenvalue weighted by Crippen LogP contribution is 2.37. The molecule has 0 aliphatic heterocycles. The maximum absolute atomic E-state index is 13.7. The molecule has 0 atom stereocenters. The van der Waals surface area contributed by atoms with Crippen LogP contribution in [-0.4, -0.2) is 29.3 Å². The number of carbonyl (C=O) groups excluding carboxylic acids is 1. The molecule has 1 aromatic carbocycles. The van der Waals surface area contributed by atoms with Crippen LogP contribution in [0.1, 0.15) is 6.92 Å². The van der Waals surface area contributed by atoms with Crippen molar-refractivity contribution in [2.24, 2.45) is 4.99 Å². The van der Waals surface area contributed by atoms with Gasteiger partial charge in [-0.3, -0.25) is 0 Å². The van der Waals surface area contributed by atoms with Gasteiger partial charge < -0.3 is 14.2 Å². The Bertz CT molecular complexity index is 828. The molecular formula is C16H12ClFN2O4S. The summed E-state index contributed by atoms with van der Waals surface area (Å²) in [6.45, 7) is 1.59. The summed E-state index contributed by atoms with van der Waals surface area (Å²) >= 11 is 10.5. The number of pyridine rings is 1. The number of hydrogen-bond donors (Lipinski definition) is 0. The first kappa shape index (κ1) is 18.8. The lowest BCUT2D eigenvalue weighted by Crippen LogP contribution is -2.15. The first-order valence-electron chi connectivity index (χ1n) is 7.03. The van der Waals surface area contributed by atoms with Crippen LogP contribution in [0.2, 0.25) is 5.02 Å². The lowest BCUT2D eigenvalue weighted by Gasteiger charge is -2.12. The topological polar surface area (TPSA) is 70.0 Å². The van der Waals surface area contributed by atoms with Gasteiger partial charge in [-0.25, -0.2) is 14.2 Å². The predicted molar refractivity (Wildman–Crippen MR) is 92.5 cm³/mol. The zero-order chi connectivity index (χ0) is 18.2. The fourth-order valence-electron chi connectivity index (χ4n) is 1.74. The average Bonchev–Trinajstić information content (AvgIpc) is 2.58. The van der Waals surface area contributed by atoms with Crippen molar-refractivity contribution in [2.75, 3.05) is 13.2 Å². The fraction of sp³-hybridized carbons (Fsp3) is 0.188. The van der Waals surface area contributed by atoms with Crippen LogP contribution in [0.3, 0.4) is 0 Å². The maximum atomic E-state index is 13.7. The van der Waals surface area contributed by atoms with Crippen LogP contribution in [0.4, 0.5) is 10.1 Å². The third kappa shape index (κ3) is 5.22. The standard InChI is InChI=1S/C16H12ClFN2O4S/c1-2-22-15(21)8-23-16-13(4-3-5-19-16)24-14-7-12(20-9-25)11(18)6-10(14)17/h3-7H,2,8H2,1H3. The third-order valence-corrected chi connectivity index (χ3v) is 3.14. The molecule has 0 saturated carbocycles. The molecule has 1 heterocycles. The summed E-state index contributed by atoms with van der Waals surface area (Å²) < 4.78 is 29.4. The maximum Gasteiger partial charge on any atom is 0.344 e. The number of aliphatic imine (C=N–C) groups is 1. The Morgan fingerprint density at radius 3 is 2.96 bits per heavy atom. The van der Waals surface area contributed by atoms with Crippen LogP contribution in [0.15, 0.2) is 35.5 Å². The summed E-state index contributed by atoms with van der Waals surface area (Å²) in [5.74, 6) is -0.870. The SMILES string of the molecule is CCOC(=O)COc1ncccc1Oc1cc(N=C=S)c(F)cc1Cl. The monoisotopic (exact) mass is 382 g/mol. The van der Waals surface area contributed by atoms with Gasteiger partial charge in [0, 0.05) is 12.3 Å². The van der Waals surface area contributed by atoms with Crippen LogP contribution in [0.5, 0.6) is 17.4 Å². The van der Waals surface area contributed by atoms with Gasteiger partial charge in [-0.1, -0.05) is 11.6 Å². The number of rotatable bonds is 7. The zero-order valence-corrected chi connectivity index (χ0v) is 14.6. The number of carbonyl (C=O) groups is 1. The van der Waals surface area contributed by atoms with Gasteiger partial charge in [0.1, 0.15) is 11.4 Å². The van der Waals surface area contributed by atoms with Crippen molar-refractivity contribution >= 4 is 40.6 Å². The molecule has 130 valence electrons. The van der Waals surface area contributed by atoms with Crippen molar-refractivity contribution in [1.29, 1.82) is 0 Å². The quantitative estimate of drug-likeness (QED) is 0.403. The Morgan fingerprint density at radius 1 is 1.44 bits per heavy atom. The summed E-state index contributed by atoms with van der Waals surface area (Å²) in [7, 11) is 0. The second kappa shape index (κ2) is 9.08. The summed E-state index contributed by atoms with van der Waals surface area (Å²) in [6.07, 6.45) is 1.46. The number of aromatic nitrogens is 1. The molecule has 25 heavy (non-hydrogen) atoms. The lowest BCUT2D eigenvalue weighted by molar-refractivity contribution is -0.145. The van der Waals surface area contributed by atoms with Crippen LogP contribution in [0.25, 0.3) is 0 Å². The molecule has 0 amide bonds. The predicted octanol–water partition coefficient (Wildman–Crippen LogP) is 4.34. The summed E-state index contributed by atoms with van der Waals surface area (Å²) in [5.41, 5.74) is -0.0766. The molecule has 0 unspecified atom stereocenters. The number of benzene rings is 1. The molecule has 0 fully saturated rings.